The number of hydrogen-bond acceptors (Lipinski definition) is 8. The van der Waals surface area contributed by atoms with Gasteiger partial charge in [-0.3, -0.25) is 0 Å². The number of ether oxygens (including phenoxy) is 1. The zero-order chi connectivity index (χ0) is 28.6. The molecule has 1 aromatic heterocycles. The first-order chi connectivity index (χ1) is 19.2. The van der Waals surface area contributed by atoms with Gasteiger partial charge in [0, 0.05) is 5.56 Å². The first-order valence-electron chi connectivity index (χ1n) is 12.2. The molecule has 0 bridgehead atoms. The molecule has 0 aliphatic heterocycles. The molecule has 10 heteroatoms. The van der Waals surface area contributed by atoms with E-state index in [1.54, 1.807) is 11.3 Å². The van der Waals surface area contributed by atoms with Gasteiger partial charge in [0.15, 0.2) is 11.9 Å². The second-order valence-electron chi connectivity index (χ2n) is 8.33. The Morgan fingerprint density at radius 2 is 1.15 bits per heavy atom. The number of nitrogens with zero attached hydrogens (tertiary/aromatic N) is 1. The Hall–Kier alpha value is -3.46. The Kier molecular flexibility index (Phi) is 9.79. The number of benzene rings is 4. The minimum absolute atomic E-state index is 0.296. The van der Waals surface area contributed by atoms with Crippen LogP contribution in [0, 0.1) is 10.2 Å². The van der Waals surface area contributed by atoms with Crippen molar-refractivity contribution in [2.75, 3.05) is 6.61 Å². The lowest BCUT2D eigenvalue weighted by Gasteiger charge is -2.26. The summed E-state index contributed by atoms with van der Waals surface area (Å²) in [6.45, 7) is 2.12. The largest absolute Gasteiger partial charge is 0.461 e. The van der Waals surface area contributed by atoms with E-state index in [4.69, 9.17) is 28.4 Å². The van der Waals surface area contributed by atoms with E-state index in [-0.39, 0.29) is 5.97 Å². The second kappa shape index (κ2) is 13.3. The fourth-order valence-electron chi connectivity index (χ4n) is 4.33. The summed E-state index contributed by atoms with van der Waals surface area (Å²) in [5.74, 6) is -0.381. The summed E-state index contributed by atoms with van der Waals surface area (Å²) in [6, 6.07) is 41.6. The lowest BCUT2D eigenvalue weighted by atomic mass is 10.2. The summed E-state index contributed by atoms with van der Waals surface area (Å²) < 4.78 is 39.2. The minimum atomic E-state index is -4.69. The van der Waals surface area contributed by atoms with Crippen LogP contribution in [0.3, 0.4) is 0 Å². The molecule has 0 radical (unpaired) electrons. The first-order valence-corrected chi connectivity index (χ1v) is 16.0. The van der Waals surface area contributed by atoms with Crippen LogP contribution >= 0.6 is 18.6 Å². The molecule has 4 aromatic carbocycles. The molecule has 204 valence electrons. The summed E-state index contributed by atoms with van der Waals surface area (Å²) in [5, 5.41) is 4.33. The van der Waals surface area contributed by atoms with Crippen LogP contribution in [0.5, 0.6) is 0 Å². The number of esters is 1. The van der Waals surface area contributed by atoms with Crippen LogP contribution in [0.15, 0.2) is 121 Å². The molecular weight excluding hydrogens is 569 g/mol. The Morgan fingerprint density at radius 1 is 0.775 bits per heavy atom. The maximum absolute atomic E-state index is 13.4. The van der Waals surface area contributed by atoms with Crippen molar-refractivity contribution in [2.45, 2.75) is 6.92 Å². The summed E-state index contributed by atoms with van der Waals surface area (Å²) >= 11 is 1.60. The molecule has 5 aromatic rings. The Bertz CT molecular complexity index is 1410. The lowest BCUT2D eigenvalue weighted by molar-refractivity contribution is -1.92. The van der Waals surface area contributed by atoms with Gasteiger partial charge in [0.25, 0.3) is 0 Å². The van der Waals surface area contributed by atoms with Crippen molar-refractivity contribution in [3.05, 3.63) is 127 Å². The highest BCUT2D eigenvalue weighted by molar-refractivity contribution is 8.04. The van der Waals surface area contributed by atoms with Gasteiger partial charge in [-0.1, -0.05) is 96.3 Å². The number of carbonyl (C=O) groups excluding carboxylic acids is 1. The topological polar surface area (TPSA) is 129 Å². The molecule has 0 unspecified atom stereocenters. The molecular formula is C30H26ClNO6PS+. The van der Waals surface area contributed by atoms with E-state index < -0.39 is 17.5 Å². The molecule has 0 aliphatic rings. The van der Waals surface area contributed by atoms with Gasteiger partial charge in [-0.25, -0.2) is 9.78 Å². The van der Waals surface area contributed by atoms with E-state index in [0.717, 1.165) is 15.2 Å². The number of carbonyl (C=O) groups is 1. The van der Waals surface area contributed by atoms with Crippen molar-refractivity contribution in [3.63, 3.8) is 0 Å². The molecule has 1 heterocycles. The number of halogens is 1. The molecule has 0 amide bonds. The normalized spacial score (nSPS) is 11.3. The fourth-order valence-corrected chi connectivity index (χ4v) is 10.8. The number of thiazole rings is 1. The SMILES string of the molecule is CCOC(=O)c1nc(-c2ccccc2)sc1[P+](c1ccccc1)(c1ccccc1)c1ccccc1.[O-][Cl+3]([O-])([O-])O. The molecule has 7 nitrogen and oxygen atoms in total. The summed E-state index contributed by atoms with van der Waals surface area (Å²) in [5.41, 5.74) is 1.39. The Labute approximate surface area is 239 Å². The molecule has 0 saturated heterocycles. The van der Waals surface area contributed by atoms with Crippen LogP contribution in [-0.4, -0.2) is 22.2 Å². The van der Waals surface area contributed by atoms with Crippen LogP contribution in [0.4, 0.5) is 0 Å². The molecule has 0 aliphatic carbocycles. The average molecular weight is 595 g/mol. The fraction of sp³-hybridized carbons (Fsp3) is 0.0667. The summed E-state index contributed by atoms with van der Waals surface area (Å²) in [4.78, 5) is 18.3. The van der Waals surface area contributed by atoms with Crippen molar-refractivity contribution in [2.24, 2.45) is 0 Å². The third-order valence-corrected chi connectivity index (χ3v) is 11.9. The van der Waals surface area contributed by atoms with Gasteiger partial charge in [-0.2, -0.15) is 14.0 Å². The van der Waals surface area contributed by atoms with Crippen LogP contribution in [0.2, 0.25) is 0 Å². The van der Waals surface area contributed by atoms with Crippen LogP contribution < -0.4 is 34.5 Å². The van der Waals surface area contributed by atoms with Crippen LogP contribution in [0.1, 0.15) is 17.4 Å². The second-order valence-corrected chi connectivity index (χ2v) is 13.8. The van der Waals surface area contributed by atoms with Crippen molar-refractivity contribution < 1.29 is 38.4 Å². The van der Waals surface area contributed by atoms with Gasteiger partial charge < -0.3 is 4.74 Å². The highest BCUT2D eigenvalue weighted by atomic mass is 35.7. The lowest BCUT2D eigenvalue weighted by Crippen LogP contribution is -2.58. The van der Waals surface area contributed by atoms with Gasteiger partial charge >= 0.3 is 5.97 Å². The predicted octanol–water partition coefficient (Wildman–Crippen LogP) is 1.48. The van der Waals surface area contributed by atoms with Gasteiger partial charge in [0.05, 0.1) is 21.5 Å². The zero-order valence-electron chi connectivity index (χ0n) is 21.4. The minimum Gasteiger partial charge on any atom is -0.461 e. The number of aromatic nitrogens is 1. The summed E-state index contributed by atoms with van der Waals surface area (Å²) in [6.07, 6.45) is 0. The van der Waals surface area contributed by atoms with E-state index in [1.807, 2.05) is 55.5 Å². The molecule has 0 saturated carbocycles. The van der Waals surface area contributed by atoms with Crippen molar-refractivity contribution in [3.8, 4) is 10.6 Å². The Balaban J connectivity index is 0.000000681. The third kappa shape index (κ3) is 6.81. The monoisotopic (exact) mass is 594 g/mol. The van der Waals surface area contributed by atoms with E-state index >= 15 is 0 Å². The number of rotatable bonds is 7. The van der Waals surface area contributed by atoms with Crippen molar-refractivity contribution >= 4 is 45.1 Å². The molecule has 0 fully saturated rings. The maximum atomic E-state index is 13.4. The van der Waals surface area contributed by atoms with E-state index in [1.165, 1.54) is 15.9 Å². The molecule has 40 heavy (non-hydrogen) atoms. The molecule has 0 spiro atoms. The molecule has 5 rings (SSSR count). The average Bonchev–Trinajstić information content (AvgIpc) is 3.41. The van der Waals surface area contributed by atoms with Gasteiger partial charge in [-0.15, -0.1) is 0 Å². The van der Waals surface area contributed by atoms with E-state index in [9.17, 15) is 4.79 Å². The molecule has 0 atom stereocenters. The number of hydrogen-bond donors (Lipinski definition) is 1. The van der Waals surface area contributed by atoms with Gasteiger partial charge in [-0.05, 0) is 43.3 Å². The van der Waals surface area contributed by atoms with Gasteiger partial charge in [0.1, 0.15) is 20.9 Å². The maximum Gasteiger partial charge on any atom is 0.362 e. The predicted molar refractivity (Wildman–Crippen MR) is 151 cm³/mol. The highest BCUT2D eigenvalue weighted by Gasteiger charge is 2.52. The zero-order valence-corrected chi connectivity index (χ0v) is 23.9. The summed E-state index contributed by atoms with van der Waals surface area (Å²) in [7, 11) is -7.16. The highest BCUT2D eigenvalue weighted by Crippen LogP contribution is 2.56. The van der Waals surface area contributed by atoms with Crippen LogP contribution in [0.25, 0.3) is 10.6 Å². The van der Waals surface area contributed by atoms with Crippen molar-refractivity contribution in [1.82, 2.24) is 4.98 Å². The van der Waals surface area contributed by atoms with E-state index in [2.05, 4.69) is 72.8 Å². The smallest absolute Gasteiger partial charge is 0.362 e. The van der Waals surface area contributed by atoms with Gasteiger partial charge in [0.2, 0.25) is 5.69 Å². The standard InChI is InChI=1S/C30H25NO2PS.ClHO4/c1-2-33-29(32)27-30(35-28(31-27)23-15-7-3-8-16-23)34(24-17-9-4-10-18-24,25-19-11-5-12-20-25)26-21-13-6-14-22-26;2-1(3,4)5/h3-22H,2H2,1H3;(H,2,3,4,5)/q+1;. The van der Waals surface area contributed by atoms with Crippen molar-refractivity contribution in [1.29, 1.82) is 0 Å². The van der Waals surface area contributed by atoms with E-state index in [0.29, 0.717) is 12.3 Å². The first kappa shape index (κ1) is 29.5. The Morgan fingerprint density at radius 3 is 1.52 bits per heavy atom. The molecule has 1 N–H and O–H groups in total. The quantitative estimate of drug-likeness (QED) is 0.223. The van der Waals surface area contributed by atoms with Crippen LogP contribution in [-0.2, 0) is 4.74 Å². The third-order valence-electron chi connectivity index (χ3n) is 5.83.